The van der Waals surface area contributed by atoms with E-state index in [-0.39, 0.29) is 12.5 Å². The number of carbonyl (C=O) groups excluding carboxylic acids is 1. The van der Waals surface area contributed by atoms with Gasteiger partial charge in [0, 0.05) is 6.42 Å². The molecule has 0 heterocycles. The molecule has 0 aromatic carbocycles. The monoisotopic (exact) mass is 884 g/mol. The van der Waals surface area contributed by atoms with E-state index in [4.69, 9.17) is 0 Å². The van der Waals surface area contributed by atoms with Crippen LogP contribution in [0, 0.1) is 0 Å². The van der Waals surface area contributed by atoms with Crippen molar-refractivity contribution in [2.75, 3.05) is 6.61 Å². The number of nitrogens with one attached hydrogen (secondary N) is 1. The molecule has 2 atom stereocenters. The Morgan fingerprint density at radius 3 is 1.09 bits per heavy atom. The minimum Gasteiger partial charge on any atom is -0.394 e. The Balaban J connectivity index is 3.70. The summed E-state index contributed by atoms with van der Waals surface area (Å²) in [6.45, 7) is 4.17. The molecule has 3 N–H and O–H groups in total. The molecule has 0 aliphatic heterocycles. The van der Waals surface area contributed by atoms with E-state index in [0.717, 1.165) is 96.3 Å². The number of hydrogen-bond donors (Lipinski definition) is 3. The van der Waals surface area contributed by atoms with Crippen LogP contribution < -0.4 is 5.32 Å². The second-order valence-corrected chi connectivity index (χ2v) is 17.5. The minimum atomic E-state index is -0.889. The molecule has 364 valence electrons. The van der Waals surface area contributed by atoms with Gasteiger partial charge in [-0.3, -0.25) is 4.79 Å². The normalized spacial score (nSPS) is 13.9. The van der Waals surface area contributed by atoms with Crippen molar-refractivity contribution in [1.29, 1.82) is 0 Å². The molecule has 0 saturated heterocycles. The molecule has 0 aliphatic rings. The summed E-state index contributed by atoms with van der Waals surface area (Å²) in [5, 5.41) is 23.1. The highest BCUT2D eigenvalue weighted by atomic mass is 16.3. The largest absolute Gasteiger partial charge is 0.394 e. The molecular weight excluding hydrogens is 783 g/mol. The molecule has 0 fully saturated rings. The van der Waals surface area contributed by atoms with Gasteiger partial charge in [-0.2, -0.15) is 0 Å². The first kappa shape index (κ1) is 60.8. The van der Waals surface area contributed by atoms with Crippen LogP contribution >= 0.6 is 0 Å². The van der Waals surface area contributed by atoms with E-state index < -0.39 is 12.1 Å². The highest BCUT2D eigenvalue weighted by Gasteiger charge is 2.17. The molecular formula is C60H101NO3. The number of aliphatic hydroxyl groups excluding tert-OH is 2. The molecule has 64 heavy (non-hydrogen) atoms. The quantitative estimate of drug-likeness (QED) is 0.0421. The lowest BCUT2D eigenvalue weighted by atomic mass is 10.0. The van der Waals surface area contributed by atoms with Crippen molar-refractivity contribution in [3.63, 3.8) is 0 Å². The Hall–Kier alpha value is -3.21. The summed E-state index contributed by atoms with van der Waals surface area (Å²) in [5.74, 6) is -0.101. The first-order valence-electron chi connectivity index (χ1n) is 26.7. The van der Waals surface area contributed by atoms with E-state index in [1.165, 1.54) is 116 Å². The van der Waals surface area contributed by atoms with Crippen molar-refractivity contribution in [3.05, 3.63) is 122 Å². The standard InChI is InChI=1S/C60H101NO3/c1-3-5-7-9-11-13-15-17-19-21-23-25-27-29-30-32-34-36-38-40-42-44-46-48-50-52-54-56-60(64)61-58(57-62)59(63)55-53-51-49-47-45-43-41-39-37-35-33-31-28-26-24-22-20-18-16-14-12-10-8-6-4-2/h5,7,11,13,17,19,23,25,29-30,34,36-37,39-40,42,45,47,53,55,58-59,62-63H,3-4,6,8-10,12,14-16,18,20-22,24,26-28,31-33,35,38,41,43-44,46,48-52,54,56-57H2,1-2H3,(H,61,64)/b7-5-,13-11-,19-17-,25-23-,30-29-,36-34-,39-37+,42-40-,47-45+,55-53+. The third kappa shape index (κ3) is 49.8. The predicted molar refractivity (Wildman–Crippen MR) is 285 cm³/mol. The highest BCUT2D eigenvalue weighted by Crippen LogP contribution is 2.14. The Morgan fingerprint density at radius 1 is 0.391 bits per heavy atom. The van der Waals surface area contributed by atoms with Crippen LogP contribution in [0.1, 0.15) is 232 Å². The summed E-state index contributed by atoms with van der Waals surface area (Å²) in [7, 11) is 0. The molecule has 0 aromatic heterocycles. The van der Waals surface area contributed by atoms with Gasteiger partial charge in [0.25, 0.3) is 0 Å². The van der Waals surface area contributed by atoms with Crippen LogP contribution in [0.2, 0.25) is 0 Å². The highest BCUT2D eigenvalue weighted by molar-refractivity contribution is 5.76. The zero-order valence-electron chi connectivity index (χ0n) is 41.8. The van der Waals surface area contributed by atoms with Gasteiger partial charge in [0.05, 0.1) is 18.8 Å². The number of carbonyl (C=O) groups is 1. The van der Waals surface area contributed by atoms with Crippen molar-refractivity contribution >= 4 is 5.91 Å². The van der Waals surface area contributed by atoms with Crippen molar-refractivity contribution < 1.29 is 15.0 Å². The Kier molecular flexibility index (Phi) is 51.4. The number of allylic oxidation sites excluding steroid dienone is 19. The van der Waals surface area contributed by atoms with Crippen LogP contribution in [0.15, 0.2) is 122 Å². The molecule has 0 bridgehead atoms. The molecule has 0 rings (SSSR count). The lowest BCUT2D eigenvalue weighted by molar-refractivity contribution is -0.123. The molecule has 0 aromatic rings. The smallest absolute Gasteiger partial charge is 0.220 e. The van der Waals surface area contributed by atoms with Crippen LogP contribution in [0.3, 0.4) is 0 Å². The van der Waals surface area contributed by atoms with E-state index in [1.807, 2.05) is 6.08 Å². The van der Waals surface area contributed by atoms with Gasteiger partial charge in [0.15, 0.2) is 0 Å². The molecule has 0 spiro atoms. The van der Waals surface area contributed by atoms with Crippen LogP contribution in [0.4, 0.5) is 0 Å². The van der Waals surface area contributed by atoms with E-state index in [9.17, 15) is 15.0 Å². The van der Waals surface area contributed by atoms with Gasteiger partial charge in [-0.25, -0.2) is 0 Å². The summed E-state index contributed by atoms with van der Waals surface area (Å²) in [6.07, 6.45) is 83.4. The molecule has 1 amide bonds. The van der Waals surface area contributed by atoms with Gasteiger partial charge in [-0.1, -0.05) is 245 Å². The van der Waals surface area contributed by atoms with E-state index >= 15 is 0 Å². The summed E-state index contributed by atoms with van der Waals surface area (Å²) >= 11 is 0. The fourth-order valence-electron chi connectivity index (χ4n) is 7.37. The molecule has 0 saturated carbocycles. The lowest BCUT2D eigenvalue weighted by Crippen LogP contribution is -2.45. The fourth-order valence-corrected chi connectivity index (χ4v) is 7.37. The second-order valence-electron chi connectivity index (χ2n) is 17.5. The first-order valence-corrected chi connectivity index (χ1v) is 26.7. The maximum atomic E-state index is 12.5. The molecule has 0 aliphatic carbocycles. The average molecular weight is 884 g/mol. The molecule has 4 nitrogen and oxygen atoms in total. The van der Waals surface area contributed by atoms with Gasteiger partial charge in [-0.05, 0) is 103 Å². The number of unbranched alkanes of at least 4 members (excludes halogenated alkanes) is 22. The second kappa shape index (κ2) is 54.1. The van der Waals surface area contributed by atoms with Crippen molar-refractivity contribution in [1.82, 2.24) is 5.32 Å². The molecule has 4 heteroatoms. The van der Waals surface area contributed by atoms with Crippen molar-refractivity contribution in [2.45, 2.75) is 244 Å². The number of hydrogen-bond acceptors (Lipinski definition) is 3. The van der Waals surface area contributed by atoms with E-state index in [2.05, 4.69) is 129 Å². The Labute approximate surface area is 397 Å². The summed E-state index contributed by atoms with van der Waals surface area (Å²) in [4.78, 5) is 12.5. The average Bonchev–Trinajstić information content (AvgIpc) is 3.30. The molecule has 0 radical (unpaired) electrons. The minimum absolute atomic E-state index is 0.101. The van der Waals surface area contributed by atoms with Crippen molar-refractivity contribution in [3.8, 4) is 0 Å². The lowest BCUT2D eigenvalue weighted by Gasteiger charge is -2.19. The van der Waals surface area contributed by atoms with Crippen LogP contribution in [0.25, 0.3) is 0 Å². The third-order valence-corrected chi connectivity index (χ3v) is 11.4. The summed E-state index contributed by atoms with van der Waals surface area (Å²) in [5.41, 5.74) is 0. The maximum Gasteiger partial charge on any atom is 0.220 e. The van der Waals surface area contributed by atoms with E-state index in [1.54, 1.807) is 6.08 Å². The topological polar surface area (TPSA) is 69.6 Å². The van der Waals surface area contributed by atoms with Gasteiger partial charge < -0.3 is 15.5 Å². The van der Waals surface area contributed by atoms with Gasteiger partial charge >= 0.3 is 0 Å². The Bertz CT molecular complexity index is 1280. The Morgan fingerprint density at radius 2 is 0.703 bits per heavy atom. The van der Waals surface area contributed by atoms with Gasteiger partial charge in [0.1, 0.15) is 0 Å². The van der Waals surface area contributed by atoms with Crippen LogP contribution in [-0.2, 0) is 4.79 Å². The van der Waals surface area contributed by atoms with Crippen molar-refractivity contribution in [2.24, 2.45) is 0 Å². The first-order chi connectivity index (χ1) is 31.7. The van der Waals surface area contributed by atoms with Crippen LogP contribution in [0.5, 0.6) is 0 Å². The van der Waals surface area contributed by atoms with Gasteiger partial charge in [0.2, 0.25) is 5.91 Å². The summed E-state index contributed by atoms with van der Waals surface area (Å²) in [6, 6.07) is -0.667. The zero-order chi connectivity index (χ0) is 46.3. The number of amides is 1. The third-order valence-electron chi connectivity index (χ3n) is 11.4. The van der Waals surface area contributed by atoms with E-state index in [0.29, 0.717) is 6.42 Å². The number of aliphatic hydroxyl groups is 2. The SMILES string of the molecule is CC/C=C\C/C=C\C/C=C\C/C=C\C/C=C\C/C=C\C/C=C\CCCCCCCC(=O)NC(CO)C(O)/C=C/CC/C=C/CC/C=C/CCCCCCCCCCCCCCCCC. The number of rotatable bonds is 47. The molecule has 2 unspecified atom stereocenters. The fraction of sp³-hybridized carbons (Fsp3) is 0.650. The summed E-state index contributed by atoms with van der Waals surface area (Å²) < 4.78 is 0. The predicted octanol–water partition coefficient (Wildman–Crippen LogP) is 17.7. The van der Waals surface area contributed by atoms with Crippen LogP contribution in [-0.4, -0.2) is 34.9 Å². The maximum absolute atomic E-state index is 12.5. The zero-order valence-corrected chi connectivity index (χ0v) is 41.8. The van der Waals surface area contributed by atoms with Gasteiger partial charge in [-0.15, -0.1) is 0 Å².